The molecule has 0 spiro atoms. The van der Waals surface area contributed by atoms with Crippen LogP contribution in [0.1, 0.15) is 0 Å². The van der Waals surface area contributed by atoms with E-state index in [-0.39, 0.29) is 0 Å². The molecule has 0 radical (unpaired) electrons. The summed E-state index contributed by atoms with van der Waals surface area (Å²) in [7, 11) is 3.36. The second kappa shape index (κ2) is 8.34. The summed E-state index contributed by atoms with van der Waals surface area (Å²) >= 11 is 7.61. The molecular formula is C19H19ClN2O2S. The highest BCUT2D eigenvalue weighted by atomic mass is 35.5. The lowest BCUT2D eigenvalue weighted by molar-refractivity contribution is 0.187. The number of benzene rings is 2. The SMILES string of the molecule is COCCn1c(-c2ccc(Cl)cc2)csc1=Nc1ccc(OC)cc1. The molecule has 2 aromatic carbocycles. The Balaban J connectivity index is 2.03. The van der Waals surface area contributed by atoms with E-state index in [1.807, 2.05) is 48.5 Å². The van der Waals surface area contributed by atoms with Crippen molar-refractivity contribution in [2.75, 3.05) is 20.8 Å². The maximum absolute atomic E-state index is 6.01. The molecule has 0 aliphatic heterocycles. The van der Waals surface area contributed by atoms with E-state index in [0.717, 1.165) is 39.1 Å². The van der Waals surface area contributed by atoms with Gasteiger partial charge in [0.05, 0.1) is 25.1 Å². The van der Waals surface area contributed by atoms with E-state index in [1.54, 1.807) is 25.6 Å². The zero-order chi connectivity index (χ0) is 17.6. The van der Waals surface area contributed by atoms with Gasteiger partial charge in [-0.3, -0.25) is 0 Å². The van der Waals surface area contributed by atoms with E-state index in [0.29, 0.717) is 6.61 Å². The van der Waals surface area contributed by atoms with Crippen molar-refractivity contribution in [1.29, 1.82) is 0 Å². The van der Waals surface area contributed by atoms with Gasteiger partial charge in [0.1, 0.15) is 5.75 Å². The van der Waals surface area contributed by atoms with E-state index >= 15 is 0 Å². The predicted molar refractivity (Wildman–Crippen MR) is 103 cm³/mol. The molecule has 1 aromatic heterocycles. The Hall–Kier alpha value is -2.08. The number of aromatic nitrogens is 1. The Morgan fingerprint density at radius 1 is 1.04 bits per heavy atom. The fraction of sp³-hybridized carbons (Fsp3) is 0.211. The van der Waals surface area contributed by atoms with Gasteiger partial charge in [-0.05, 0) is 42.0 Å². The molecule has 0 atom stereocenters. The first kappa shape index (κ1) is 17.7. The van der Waals surface area contributed by atoms with Crippen molar-refractivity contribution in [1.82, 2.24) is 4.57 Å². The van der Waals surface area contributed by atoms with Crippen LogP contribution < -0.4 is 9.54 Å². The lowest BCUT2D eigenvalue weighted by Gasteiger charge is -2.09. The molecule has 1 heterocycles. The van der Waals surface area contributed by atoms with Crippen LogP contribution in [-0.2, 0) is 11.3 Å². The fourth-order valence-corrected chi connectivity index (χ4v) is 3.52. The van der Waals surface area contributed by atoms with Crippen molar-refractivity contribution in [2.45, 2.75) is 6.54 Å². The first-order valence-electron chi connectivity index (χ1n) is 7.83. The standard InChI is InChI=1S/C19H19ClN2O2S/c1-23-12-11-22-18(14-3-5-15(20)6-4-14)13-25-19(22)21-16-7-9-17(24-2)10-8-16/h3-10,13H,11-12H2,1-2H3. The summed E-state index contributed by atoms with van der Waals surface area (Å²) in [6, 6.07) is 15.5. The summed E-state index contributed by atoms with van der Waals surface area (Å²) < 4.78 is 12.6. The Morgan fingerprint density at radius 3 is 2.40 bits per heavy atom. The molecule has 25 heavy (non-hydrogen) atoms. The van der Waals surface area contributed by atoms with Gasteiger partial charge in [-0.25, -0.2) is 4.99 Å². The average Bonchev–Trinajstić information content (AvgIpc) is 3.03. The quantitative estimate of drug-likeness (QED) is 0.623. The predicted octanol–water partition coefficient (Wildman–Crippen LogP) is 4.76. The summed E-state index contributed by atoms with van der Waals surface area (Å²) in [6.45, 7) is 1.35. The second-order valence-corrected chi connectivity index (χ2v) is 6.64. The molecule has 3 rings (SSSR count). The van der Waals surface area contributed by atoms with Crippen molar-refractivity contribution in [2.24, 2.45) is 4.99 Å². The monoisotopic (exact) mass is 374 g/mol. The van der Waals surface area contributed by atoms with Crippen molar-refractivity contribution in [3.05, 3.63) is 63.7 Å². The van der Waals surface area contributed by atoms with E-state index in [1.165, 1.54) is 0 Å². The van der Waals surface area contributed by atoms with E-state index in [4.69, 9.17) is 26.1 Å². The third-order valence-corrected chi connectivity index (χ3v) is 4.87. The second-order valence-electron chi connectivity index (χ2n) is 5.36. The molecule has 0 saturated carbocycles. The number of thiazole rings is 1. The van der Waals surface area contributed by atoms with Crippen LogP contribution in [-0.4, -0.2) is 25.4 Å². The van der Waals surface area contributed by atoms with Gasteiger partial charge >= 0.3 is 0 Å². The molecule has 0 bridgehead atoms. The summed E-state index contributed by atoms with van der Waals surface area (Å²) in [5.74, 6) is 0.819. The average molecular weight is 375 g/mol. The van der Waals surface area contributed by atoms with Gasteiger partial charge in [-0.1, -0.05) is 23.7 Å². The molecule has 0 fully saturated rings. The molecule has 130 valence electrons. The van der Waals surface area contributed by atoms with E-state index in [9.17, 15) is 0 Å². The first-order valence-corrected chi connectivity index (χ1v) is 9.09. The van der Waals surface area contributed by atoms with Gasteiger partial charge in [0.15, 0.2) is 4.80 Å². The molecule has 0 amide bonds. The number of hydrogen-bond acceptors (Lipinski definition) is 4. The molecule has 0 unspecified atom stereocenters. The number of methoxy groups -OCH3 is 2. The summed E-state index contributed by atoms with van der Waals surface area (Å²) in [5, 5.41) is 2.84. The van der Waals surface area contributed by atoms with Gasteiger partial charge in [0.2, 0.25) is 0 Å². The van der Waals surface area contributed by atoms with Crippen molar-refractivity contribution < 1.29 is 9.47 Å². The highest BCUT2D eigenvalue weighted by molar-refractivity contribution is 7.07. The Labute approximate surface area is 156 Å². The largest absolute Gasteiger partial charge is 0.497 e. The van der Waals surface area contributed by atoms with Crippen molar-refractivity contribution in [3.8, 4) is 17.0 Å². The van der Waals surface area contributed by atoms with Crippen LogP contribution in [0.25, 0.3) is 11.3 Å². The topological polar surface area (TPSA) is 35.8 Å². The zero-order valence-corrected chi connectivity index (χ0v) is 15.7. The fourth-order valence-electron chi connectivity index (χ4n) is 2.44. The molecule has 0 aliphatic carbocycles. The van der Waals surface area contributed by atoms with Crippen LogP contribution in [0.5, 0.6) is 5.75 Å². The van der Waals surface area contributed by atoms with Crippen LogP contribution in [0, 0.1) is 0 Å². The van der Waals surface area contributed by atoms with Crippen LogP contribution in [0.15, 0.2) is 58.9 Å². The normalized spacial score (nSPS) is 11.7. The summed E-state index contributed by atoms with van der Waals surface area (Å²) in [6.07, 6.45) is 0. The van der Waals surface area contributed by atoms with Crippen molar-refractivity contribution >= 4 is 28.6 Å². The number of nitrogens with zero attached hydrogens (tertiary/aromatic N) is 2. The third kappa shape index (κ3) is 4.31. The molecule has 6 heteroatoms. The van der Waals surface area contributed by atoms with Crippen molar-refractivity contribution in [3.63, 3.8) is 0 Å². The number of ether oxygens (including phenoxy) is 2. The molecule has 4 nitrogen and oxygen atoms in total. The molecule has 0 N–H and O–H groups in total. The maximum atomic E-state index is 6.01. The minimum Gasteiger partial charge on any atom is -0.497 e. The number of rotatable bonds is 6. The maximum Gasteiger partial charge on any atom is 0.190 e. The zero-order valence-electron chi connectivity index (χ0n) is 14.1. The van der Waals surface area contributed by atoms with Crippen LogP contribution in [0.2, 0.25) is 5.02 Å². The Bertz CT molecular complexity index is 883. The van der Waals surface area contributed by atoms with Crippen LogP contribution >= 0.6 is 22.9 Å². The molecule has 0 aliphatic rings. The minimum atomic E-state index is 0.618. The minimum absolute atomic E-state index is 0.618. The number of halogens is 1. The third-order valence-electron chi connectivity index (χ3n) is 3.75. The smallest absolute Gasteiger partial charge is 0.190 e. The Morgan fingerprint density at radius 2 is 1.76 bits per heavy atom. The molecule has 3 aromatic rings. The number of hydrogen-bond donors (Lipinski definition) is 0. The highest BCUT2D eigenvalue weighted by Gasteiger charge is 2.08. The van der Waals surface area contributed by atoms with Gasteiger partial charge < -0.3 is 14.0 Å². The van der Waals surface area contributed by atoms with E-state index < -0.39 is 0 Å². The first-order chi connectivity index (χ1) is 12.2. The lowest BCUT2D eigenvalue weighted by Crippen LogP contribution is -2.18. The van der Waals surface area contributed by atoms with Gasteiger partial charge in [-0.2, -0.15) is 0 Å². The Kier molecular flexibility index (Phi) is 5.91. The van der Waals surface area contributed by atoms with Crippen LogP contribution in [0.3, 0.4) is 0 Å². The highest BCUT2D eigenvalue weighted by Crippen LogP contribution is 2.23. The summed E-state index contributed by atoms with van der Waals surface area (Å²) in [4.78, 5) is 5.70. The van der Waals surface area contributed by atoms with E-state index in [2.05, 4.69) is 9.95 Å². The lowest BCUT2D eigenvalue weighted by atomic mass is 10.2. The van der Waals surface area contributed by atoms with Gasteiger partial charge in [0, 0.05) is 24.1 Å². The molecular weight excluding hydrogens is 356 g/mol. The van der Waals surface area contributed by atoms with Crippen LogP contribution in [0.4, 0.5) is 5.69 Å². The molecule has 0 saturated heterocycles. The van der Waals surface area contributed by atoms with Gasteiger partial charge in [-0.15, -0.1) is 11.3 Å². The van der Waals surface area contributed by atoms with Gasteiger partial charge in [0.25, 0.3) is 0 Å². The summed E-state index contributed by atoms with van der Waals surface area (Å²) in [5.41, 5.74) is 3.09.